The van der Waals surface area contributed by atoms with Crippen LogP contribution in [0.5, 0.6) is 11.6 Å². The van der Waals surface area contributed by atoms with Gasteiger partial charge < -0.3 is 10.1 Å². The number of carbonyl (C=O) groups excluding carboxylic acids is 1. The van der Waals surface area contributed by atoms with Crippen molar-refractivity contribution in [3.8, 4) is 11.6 Å². The molecule has 0 spiro atoms. The van der Waals surface area contributed by atoms with Gasteiger partial charge in [-0.3, -0.25) is 4.79 Å². The van der Waals surface area contributed by atoms with Gasteiger partial charge in [0.15, 0.2) is 0 Å². The summed E-state index contributed by atoms with van der Waals surface area (Å²) in [6.07, 6.45) is 0. The molecule has 0 atom stereocenters. The van der Waals surface area contributed by atoms with Gasteiger partial charge in [-0.15, -0.1) is 4.48 Å². The maximum atomic E-state index is 13.4. The number of para-hydroxylation sites is 1. The predicted octanol–water partition coefficient (Wildman–Crippen LogP) is 5.89. The molecule has 34 heavy (non-hydrogen) atoms. The van der Waals surface area contributed by atoms with Gasteiger partial charge in [-0.1, -0.05) is 41.4 Å². The summed E-state index contributed by atoms with van der Waals surface area (Å²) in [5, 5.41) is 2.87. The van der Waals surface area contributed by atoms with Gasteiger partial charge in [0.25, 0.3) is 15.9 Å². The van der Waals surface area contributed by atoms with E-state index in [0.717, 1.165) is 24.3 Å². The van der Waals surface area contributed by atoms with Crippen molar-refractivity contribution in [2.24, 2.45) is 0 Å². The van der Waals surface area contributed by atoms with Gasteiger partial charge in [-0.05, 0) is 53.5 Å². The highest BCUT2D eigenvalue weighted by atomic mass is 35.5. The quantitative estimate of drug-likeness (QED) is 0.307. The molecule has 174 valence electrons. The highest BCUT2D eigenvalue weighted by molar-refractivity contribution is 7.89. The molecule has 7 nitrogen and oxygen atoms in total. The molecule has 0 saturated carbocycles. The lowest BCUT2D eigenvalue weighted by molar-refractivity contribution is 0.102. The molecule has 0 aliphatic carbocycles. The lowest BCUT2D eigenvalue weighted by atomic mass is 10.1. The number of ether oxygens (including phenoxy) is 1. The summed E-state index contributed by atoms with van der Waals surface area (Å²) < 4.78 is 55.0. The number of anilines is 1. The first-order chi connectivity index (χ1) is 16.2. The predicted molar refractivity (Wildman–Crippen MR) is 124 cm³/mol. The van der Waals surface area contributed by atoms with Gasteiger partial charge in [0.1, 0.15) is 22.0 Å². The van der Waals surface area contributed by atoms with Crippen LogP contribution in [-0.2, 0) is 10.0 Å². The van der Waals surface area contributed by atoms with Crippen molar-refractivity contribution >= 4 is 55.7 Å². The zero-order valence-corrected chi connectivity index (χ0v) is 19.2. The summed E-state index contributed by atoms with van der Waals surface area (Å²) in [5.41, 5.74) is 0.674. The molecule has 0 bridgehead atoms. The molecule has 1 amide bonds. The summed E-state index contributed by atoms with van der Waals surface area (Å²) in [4.78, 5) is 17.7. The third kappa shape index (κ3) is 4.95. The second kappa shape index (κ2) is 9.51. The Bertz CT molecular complexity index is 1530. The molecular formula is C22H13Cl2F2N3O4S. The van der Waals surface area contributed by atoms with Crippen LogP contribution >= 0.6 is 23.2 Å². The Hall–Kier alpha value is -3.31. The molecular weight excluding hydrogens is 511 g/mol. The minimum absolute atomic E-state index is 0.0114. The molecule has 4 rings (SSSR count). The Morgan fingerprint density at radius 2 is 1.74 bits per heavy atom. The number of aromatic nitrogens is 1. The van der Waals surface area contributed by atoms with Crippen LogP contribution in [0.25, 0.3) is 10.9 Å². The number of amides is 1. The first-order valence-electron chi connectivity index (χ1n) is 9.44. The highest BCUT2D eigenvalue weighted by Gasteiger charge is 2.21. The first-order valence-corrected chi connectivity index (χ1v) is 11.7. The van der Waals surface area contributed by atoms with Gasteiger partial charge in [-0.25, -0.2) is 17.8 Å². The number of sulfonamides is 1. The minimum atomic E-state index is -4.43. The molecule has 0 radical (unpaired) electrons. The minimum Gasteiger partial charge on any atom is -0.437 e. The van der Waals surface area contributed by atoms with E-state index in [2.05, 4.69) is 10.3 Å². The van der Waals surface area contributed by atoms with E-state index in [9.17, 15) is 22.1 Å². The molecule has 0 aliphatic heterocycles. The van der Waals surface area contributed by atoms with Crippen LogP contribution < -0.4 is 15.0 Å². The summed E-state index contributed by atoms with van der Waals surface area (Å²) in [6, 6.07) is 15.4. The van der Waals surface area contributed by atoms with Crippen LogP contribution in [0.2, 0.25) is 10.0 Å². The Kier molecular flexibility index (Phi) is 6.67. The number of carbonyl (C=O) groups is 1. The maximum absolute atomic E-state index is 13.4. The molecule has 0 saturated heterocycles. The van der Waals surface area contributed by atoms with Crippen LogP contribution in [0.3, 0.4) is 0 Å². The van der Waals surface area contributed by atoms with Crippen LogP contribution in [0.4, 0.5) is 14.6 Å². The van der Waals surface area contributed by atoms with Crippen molar-refractivity contribution in [1.29, 1.82) is 0 Å². The summed E-state index contributed by atoms with van der Waals surface area (Å²) in [6.45, 7) is 0. The van der Waals surface area contributed by atoms with E-state index < -0.39 is 26.6 Å². The smallest absolute Gasteiger partial charge is 0.268 e. The monoisotopic (exact) mass is 523 g/mol. The van der Waals surface area contributed by atoms with Gasteiger partial charge in [0.05, 0.1) is 15.6 Å². The topological polar surface area (TPSA) is 97.4 Å². The largest absolute Gasteiger partial charge is 0.437 e. The van der Waals surface area contributed by atoms with Crippen LogP contribution in [0.1, 0.15) is 10.4 Å². The van der Waals surface area contributed by atoms with E-state index in [-0.39, 0.29) is 32.9 Å². The first kappa shape index (κ1) is 23.8. The van der Waals surface area contributed by atoms with Gasteiger partial charge in [-0.2, -0.15) is 0 Å². The number of nitrogens with zero attached hydrogens (tertiary/aromatic N) is 1. The molecule has 0 aliphatic rings. The molecule has 1 heterocycles. The highest BCUT2D eigenvalue weighted by Crippen LogP contribution is 2.33. The van der Waals surface area contributed by atoms with Crippen molar-refractivity contribution in [2.75, 3.05) is 5.32 Å². The van der Waals surface area contributed by atoms with Crippen LogP contribution in [0, 0.1) is 5.82 Å². The summed E-state index contributed by atoms with van der Waals surface area (Å²) in [7, 11) is -4.43. The van der Waals surface area contributed by atoms with E-state index in [1.165, 1.54) is 18.2 Å². The SMILES string of the molecule is O=C(Nc1ccc(S(=O)(=O)NF)c(Cl)c1)c1cc2ccccc2nc1Oc1ccc(F)cc1Cl. The lowest BCUT2D eigenvalue weighted by Crippen LogP contribution is -2.16. The second-order valence-corrected chi connectivity index (χ2v) is 9.31. The summed E-state index contributed by atoms with van der Waals surface area (Å²) in [5.74, 6) is -1.25. The van der Waals surface area contributed by atoms with E-state index in [1.54, 1.807) is 24.3 Å². The van der Waals surface area contributed by atoms with E-state index in [4.69, 9.17) is 27.9 Å². The Balaban J connectivity index is 1.72. The lowest BCUT2D eigenvalue weighted by Gasteiger charge is -2.13. The number of hydrogen-bond acceptors (Lipinski definition) is 5. The van der Waals surface area contributed by atoms with Crippen LogP contribution in [-0.4, -0.2) is 19.3 Å². The van der Waals surface area contributed by atoms with Gasteiger partial charge in [0.2, 0.25) is 5.88 Å². The Morgan fingerprint density at radius 3 is 2.44 bits per heavy atom. The normalized spacial score (nSPS) is 11.4. The molecule has 0 unspecified atom stereocenters. The summed E-state index contributed by atoms with van der Waals surface area (Å²) >= 11 is 12.0. The van der Waals surface area contributed by atoms with Crippen molar-refractivity contribution < 1.29 is 26.8 Å². The van der Waals surface area contributed by atoms with Crippen molar-refractivity contribution in [3.63, 3.8) is 0 Å². The Labute approximate surface area is 202 Å². The molecule has 3 aromatic carbocycles. The number of benzene rings is 3. The van der Waals surface area contributed by atoms with Crippen molar-refractivity contribution in [1.82, 2.24) is 9.93 Å². The van der Waals surface area contributed by atoms with Gasteiger partial charge >= 0.3 is 0 Å². The third-order valence-electron chi connectivity index (χ3n) is 4.62. The zero-order valence-electron chi connectivity index (χ0n) is 16.9. The molecule has 0 fully saturated rings. The fourth-order valence-electron chi connectivity index (χ4n) is 3.04. The molecule has 12 heteroatoms. The molecule has 1 aromatic heterocycles. The molecule has 2 N–H and O–H groups in total. The number of hydrogen-bond donors (Lipinski definition) is 2. The number of halogens is 4. The van der Waals surface area contributed by atoms with Gasteiger partial charge in [0, 0.05) is 11.1 Å². The average molecular weight is 524 g/mol. The second-order valence-electron chi connectivity index (χ2n) is 6.89. The van der Waals surface area contributed by atoms with E-state index in [1.807, 2.05) is 0 Å². The van der Waals surface area contributed by atoms with E-state index >= 15 is 0 Å². The Morgan fingerprint density at radius 1 is 0.971 bits per heavy atom. The fourth-order valence-corrected chi connectivity index (χ4v) is 4.37. The third-order valence-corrected chi connectivity index (χ3v) is 6.47. The number of nitrogens with one attached hydrogen (secondary N) is 2. The van der Waals surface area contributed by atoms with E-state index in [0.29, 0.717) is 15.8 Å². The van der Waals surface area contributed by atoms with Crippen LogP contribution in [0.15, 0.2) is 71.6 Å². The van der Waals surface area contributed by atoms with Crippen molar-refractivity contribution in [3.05, 3.63) is 88.2 Å². The maximum Gasteiger partial charge on any atom is 0.268 e. The number of pyridine rings is 1. The van der Waals surface area contributed by atoms with Crippen molar-refractivity contribution in [2.45, 2.75) is 4.90 Å². The standard InChI is InChI=1S/C22H13Cl2F2N3O4S/c23-16-10-13(25)5-7-19(16)33-22-15(9-12-3-1-2-4-18(12)28-22)21(30)27-14-6-8-20(17(24)11-14)34(31,32)29-26/h1-11,29H,(H,27,30). The molecule has 4 aromatic rings. The zero-order chi connectivity index (χ0) is 24.5. The number of fused-ring (bicyclic) bond motifs is 1. The fraction of sp³-hybridized carbons (Fsp3) is 0. The average Bonchev–Trinajstić information content (AvgIpc) is 2.80. The number of rotatable bonds is 6.